The van der Waals surface area contributed by atoms with Crippen molar-refractivity contribution >= 4 is 38.5 Å². The lowest BCUT2D eigenvalue weighted by Crippen LogP contribution is -2.40. The number of Topliss-reactive ketones (excluding diaryl/α,β-unsaturated/α-hetero) is 1. The highest BCUT2D eigenvalue weighted by atomic mass is 32.2. The molecule has 1 amide bonds. The predicted octanol–water partition coefficient (Wildman–Crippen LogP) is 1.74. The van der Waals surface area contributed by atoms with Gasteiger partial charge in [0.15, 0.2) is 18.0 Å². The van der Waals surface area contributed by atoms with Gasteiger partial charge in [-0.15, -0.1) is 0 Å². The third kappa shape index (κ3) is 3.59. The number of nitrogens with zero attached hydrogens (tertiary/aromatic N) is 1. The Balaban J connectivity index is 1.30. The molecule has 0 bridgehead atoms. The number of hydrogen-bond acceptors (Lipinski definition) is 7. The standard InChI is InChI=1S/C21H19N3O7S/c25-19-11-30-17-4-1-13(9-16(17)22-19)20(26)12-5-7-24(8-6-12)32(28,29)14-2-3-15-18(10-14)31-21(27)23-15/h1-4,9-10,12H,5-8,11H2,(H,22,25)(H,23,27). The zero-order valence-electron chi connectivity index (χ0n) is 16.8. The van der Waals surface area contributed by atoms with Crippen molar-refractivity contribution in [2.45, 2.75) is 17.7 Å². The van der Waals surface area contributed by atoms with Gasteiger partial charge in [0.25, 0.3) is 5.91 Å². The number of carbonyl (C=O) groups excluding carboxylic acids is 2. The molecule has 1 aromatic heterocycles. The molecule has 2 aliphatic rings. The lowest BCUT2D eigenvalue weighted by Gasteiger charge is -2.30. The van der Waals surface area contributed by atoms with Crippen molar-refractivity contribution in [3.8, 4) is 5.75 Å². The molecule has 11 heteroatoms. The van der Waals surface area contributed by atoms with E-state index in [0.29, 0.717) is 35.4 Å². The topological polar surface area (TPSA) is 139 Å². The van der Waals surface area contributed by atoms with Crippen molar-refractivity contribution in [3.05, 3.63) is 52.5 Å². The maximum absolute atomic E-state index is 13.0. The summed E-state index contributed by atoms with van der Waals surface area (Å²) in [5, 5.41) is 2.68. The van der Waals surface area contributed by atoms with Crippen LogP contribution in [0, 0.1) is 5.92 Å². The molecule has 0 spiro atoms. The molecule has 2 aliphatic heterocycles. The highest BCUT2D eigenvalue weighted by Gasteiger charge is 2.33. The number of sulfonamides is 1. The molecule has 2 aromatic carbocycles. The number of oxazole rings is 1. The van der Waals surface area contributed by atoms with Gasteiger partial charge in [-0.1, -0.05) is 0 Å². The Morgan fingerprint density at radius 2 is 1.84 bits per heavy atom. The van der Waals surface area contributed by atoms with Crippen LogP contribution in [0.2, 0.25) is 0 Å². The van der Waals surface area contributed by atoms with Crippen LogP contribution in [0.1, 0.15) is 23.2 Å². The molecule has 5 rings (SSSR count). The maximum Gasteiger partial charge on any atom is 0.417 e. The molecule has 0 aliphatic carbocycles. The highest BCUT2D eigenvalue weighted by molar-refractivity contribution is 7.89. The molecular formula is C21H19N3O7S. The normalized spacial score (nSPS) is 17.6. The fourth-order valence-corrected chi connectivity index (χ4v) is 5.55. The lowest BCUT2D eigenvalue weighted by atomic mass is 9.89. The molecule has 32 heavy (non-hydrogen) atoms. The number of piperidine rings is 1. The van der Waals surface area contributed by atoms with Crippen LogP contribution in [-0.4, -0.2) is 49.1 Å². The largest absolute Gasteiger partial charge is 0.482 e. The Bertz CT molecular complexity index is 1400. The molecule has 2 N–H and O–H groups in total. The molecule has 3 aromatic rings. The van der Waals surface area contributed by atoms with Gasteiger partial charge in [0.1, 0.15) is 5.75 Å². The van der Waals surface area contributed by atoms with Crippen LogP contribution in [-0.2, 0) is 14.8 Å². The van der Waals surface area contributed by atoms with Crippen LogP contribution in [0.3, 0.4) is 0 Å². The van der Waals surface area contributed by atoms with E-state index in [1.54, 1.807) is 18.2 Å². The van der Waals surface area contributed by atoms with Crippen LogP contribution in [0.25, 0.3) is 11.1 Å². The smallest absolute Gasteiger partial charge is 0.417 e. The van der Waals surface area contributed by atoms with Gasteiger partial charge in [0.05, 0.1) is 16.1 Å². The highest BCUT2D eigenvalue weighted by Crippen LogP contribution is 2.32. The second-order valence-corrected chi connectivity index (χ2v) is 9.70. The van der Waals surface area contributed by atoms with Gasteiger partial charge in [-0.3, -0.25) is 14.6 Å². The van der Waals surface area contributed by atoms with E-state index < -0.39 is 15.8 Å². The van der Waals surface area contributed by atoms with E-state index >= 15 is 0 Å². The van der Waals surface area contributed by atoms with E-state index in [1.807, 2.05) is 0 Å². The van der Waals surface area contributed by atoms with E-state index in [9.17, 15) is 22.8 Å². The molecular weight excluding hydrogens is 438 g/mol. The maximum atomic E-state index is 13.0. The summed E-state index contributed by atoms with van der Waals surface area (Å²) in [7, 11) is -3.79. The van der Waals surface area contributed by atoms with Crippen LogP contribution in [0.15, 0.2) is 50.5 Å². The summed E-state index contributed by atoms with van der Waals surface area (Å²) in [5.74, 6) is -0.845. The monoisotopic (exact) mass is 457 g/mol. The Morgan fingerprint density at radius 1 is 1.06 bits per heavy atom. The third-order valence-electron chi connectivity index (χ3n) is 5.75. The molecule has 0 unspecified atom stereocenters. The minimum Gasteiger partial charge on any atom is -0.482 e. The van der Waals surface area contributed by atoms with Crippen LogP contribution >= 0.6 is 0 Å². The summed E-state index contributed by atoms with van der Waals surface area (Å²) in [4.78, 5) is 38.3. The minimum absolute atomic E-state index is 0.0305. The first kappa shape index (κ1) is 20.5. The van der Waals surface area contributed by atoms with Gasteiger partial charge < -0.3 is 14.5 Å². The molecule has 10 nitrogen and oxygen atoms in total. The quantitative estimate of drug-likeness (QED) is 0.569. The molecule has 1 fully saturated rings. The summed E-state index contributed by atoms with van der Waals surface area (Å²) < 4.78 is 37.7. The number of rotatable bonds is 4. The van der Waals surface area contributed by atoms with Crippen LogP contribution in [0.5, 0.6) is 5.75 Å². The summed E-state index contributed by atoms with van der Waals surface area (Å²) in [6.45, 7) is 0.327. The molecule has 0 atom stereocenters. The van der Waals surface area contributed by atoms with Gasteiger partial charge in [-0.05, 0) is 43.2 Å². The van der Waals surface area contributed by atoms with Crippen LogP contribution < -0.4 is 15.8 Å². The van der Waals surface area contributed by atoms with E-state index in [-0.39, 0.29) is 47.8 Å². The van der Waals surface area contributed by atoms with E-state index in [0.717, 1.165) is 0 Å². The van der Waals surface area contributed by atoms with Crippen molar-refractivity contribution in [3.63, 3.8) is 0 Å². The van der Waals surface area contributed by atoms with E-state index in [1.165, 1.54) is 22.5 Å². The number of anilines is 1. The second-order valence-electron chi connectivity index (χ2n) is 7.76. The van der Waals surface area contributed by atoms with Crippen molar-refractivity contribution in [1.29, 1.82) is 0 Å². The minimum atomic E-state index is -3.79. The van der Waals surface area contributed by atoms with Gasteiger partial charge in [0.2, 0.25) is 10.0 Å². The number of amides is 1. The molecule has 0 saturated carbocycles. The molecule has 166 valence electrons. The Kier molecular flexibility index (Phi) is 4.86. The van der Waals surface area contributed by atoms with E-state index in [4.69, 9.17) is 9.15 Å². The number of fused-ring (bicyclic) bond motifs is 2. The van der Waals surface area contributed by atoms with Gasteiger partial charge >= 0.3 is 5.76 Å². The van der Waals surface area contributed by atoms with Gasteiger partial charge in [-0.25, -0.2) is 13.2 Å². The van der Waals surface area contributed by atoms with Crippen molar-refractivity contribution in [2.24, 2.45) is 5.92 Å². The molecule has 3 heterocycles. The zero-order valence-corrected chi connectivity index (χ0v) is 17.6. The molecule has 1 saturated heterocycles. The number of hydrogen-bond donors (Lipinski definition) is 2. The average molecular weight is 457 g/mol. The number of nitrogens with one attached hydrogen (secondary N) is 2. The Morgan fingerprint density at radius 3 is 2.62 bits per heavy atom. The number of benzene rings is 2. The number of ketones is 1. The number of ether oxygens (including phenoxy) is 1. The zero-order chi connectivity index (χ0) is 22.5. The number of aromatic amines is 1. The Hall–Kier alpha value is -3.44. The average Bonchev–Trinajstić information content (AvgIpc) is 3.17. The summed E-state index contributed by atoms with van der Waals surface area (Å²) in [6, 6.07) is 9.13. The predicted molar refractivity (Wildman–Crippen MR) is 113 cm³/mol. The first-order valence-corrected chi connectivity index (χ1v) is 11.5. The number of aromatic nitrogens is 1. The third-order valence-corrected chi connectivity index (χ3v) is 7.65. The van der Waals surface area contributed by atoms with Crippen molar-refractivity contribution in [1.82, 2.24) is 9.29 Å². The summed E-state index contributed by atoms with van der Waals surface area (Å²) in [5.41, 5.74) is 1.50. The van der Waals surface area contributed by atoms with Gasteiger partial charge in [0, 0.05) is 30.6 Å². The first-order chi connectivity index (χ1) is 15.3. The fourth-order valence-electron chi connectivity index (χ4n) is 4.07. The van der Waals surface area contributed by atoms with Crippen molar-refractivity contribution in [2.75, 3.05) is 25.0 Å². The number of H-pyrrole nitrogens is 1. The van der Waals surface area contributed by atoms with E-state index in [2.05, 4.69) is 10.3 Å². The van der Waals surface area contributed by atoms with Gasteiger partial charge in [-0.2, -0.15) is 4.31 Å². The molecule has 0 radical (unpaired) electrons. The SMILES string of the molecule is O=C1COc2ccc(C(=O)C3CCN(S(=O)(=O)c4ccc5[nH]c(=O)oc5c4)CC3)cc2N1. The second kappa shape index (κ2) is 7.61. The lowest BCUT2D eigenvalue weighted by molar-refractivity contribution is -0.118. The first-order valence-electron chi connectivity index (χ1n) is 10.1. The fraction of sp³-hybridized carbons (Fsp3) is 0.286. The Labute approximate surface area is 182 Å². The summed E-state index contributed by atoms with van der Waals surface area (Å²) in [6.07, 6.45) is 0.749. The summed E-state index contributed by atoms with van der Waals surface area (Å²) >= 11 is 0. The van der Waals surface area contributed by atoms with Crippen molar-refractivity contribution < 1.29 is 27.2 Å². The number of carbonyl (C=O) groups is 2. The van der Waals surface area contributed by atoms with Crippen LogP contribution in [0.4, 0.5) is 5.69 Å².